The van der Waals surface area contributed by atoms with Gasteiger partial charge in [0.1, 0.15) is 6.10 Å². The number of carbonyl (C=O) groups is 2. The molecule has 0 aromatic rings. The van der Waals surface area contributed by atoms with Gasteiger partial charge in [0.05, 0.1) is 0 Å². The van der Waals surface area contributed by atoms with Crippen LogP contribution in [0.4, 0.5) is 0 Å². The number of esters is 1. The Hall–Kier alpha value is -1.58. The first kappa shape index (κ1) is 10.5. The normalized spacial score (nSPS) is 15.4. The van der Waals surface area contributed by atoms with Crippen molar-refractivity contribution in [3.63, 3.8) is 0 Å². The fraction of sp³-hybridized carbons (Fsp3) is 0.400. The number of hydrogen-bond acceptors (Lipinski definition) is 3. The zero-order valence-corrected chi connectivity index (χ0v) is 7.73. The molecule has 1 aliphatic rings. The van der Waals surface area contributed by atoms with Crippen LogP contribution in [0.5, 0.6) is 0 Å². The molecule has 1 fully saturated rings. The summed E-state index contributed by atoms with van der Waals surface area (Å²) in [7, 11) is 0. The van der Waals surface area contributed by atoms with Crippen molar-refractivity contribution in [3.8, 4) is 0 Å². The molecule has 0 saturated heterocycles. The minimum atomic E-state index is -1.03. The van der Waals surface area contributed by atoms with Crippen molar-refractivity contribution in [3.05, 3.63) is 24.3 Å². The SMILES string of the molecule is C=C(CC=CC(=O)O)C(=O)OC1CC1. The van der Waals surface area contributed by atoms with Crippen LogP contribution in [0, 0.1) is 0 Å². The Labute approximate surface area is 81.9 Å². The Morgan fingerprint density at radius 2 is 2.14 bits per heavy atom. The monoisotopic (exact) mass is 196 g/mol. The predicted octanol–water partition coefficient (Wildman–Crippen LogP) is 1.28. The molecule has 1 aliphatic carbocycles. The lowest BCUT2D eigenvalue weighted by Gasteiger charge is -2.02. The number of allylic oxidation sites excluding steroid dienone is 1. The van der Waals surface area contributed by atoms with Crippen molar-refractivity contribution < 1.29 is 19.4 Å². The molecule has 0 aromatic heterocycles. The average molecular weight is 196 g/mol. The average Bonchev–Trinajstić information content (AvgIpc) is 2.87. The highest BCUT2D eigenvalue weighted by molar-refractivity contribution is 5.88. The second-order valence-corrected chi connectivity index (χ2v) is 3.15. The molecule has 76 valence electrons. The summed E-state index contributed by atoms with van der Waals surface area (Å²) in [4.78, 5) is 21.3. The van der Waals surface area contributed by atoms with Gasteiger partial charge in [0.15, 0.2) is 0 Å². The number of carboxylic acids is 1. The molecular formula is C10H12O4. The molecule has 0 aromatic carbocycles. The minimum absolute atomic E-state index is 0.0581. The number of carboxylic acid groups (broad SMARTS) is 1. The predicted molar refractivity (Wildman–Crippen MR) is 49.6 cm³/mol. The van der Waals surface area contributed by atoms with Gasteiger partial charge in [0.25, 0.3) is 0 Å². The number of carbonyl (C=O) groups excluding carboxylic acids is 1. The van der Waals surface area contributed by atoms with E-state index in [9.17, 15) is 9.59 Å². The van der Waals surface area contributed by atoms with E-state index in [0.29, 0.717) is 0 Å². The lowest BCUT2D eigenvalue weighted by molar-refractivity contribution is -0.140. The van der Waals surface area contributed by atoms with E-state index in [4.69, 9.17) is 9.84 Å². The smallest absolute Gasteiger partial charge is 0.333 e. The Morgan fingerprint density at radius 3 is 2.64 bits per heavy atom. The summed E-state index contributed by atoms with van der Waals surface area (Å²) in [6.45, 7) is 3.51. The first-order valence-corrected chi connectivity index (χ1v) is 4.38. The number of ether oxygens (including phenoxy) is 1. The molecule has 0 bridgehead atoms. The number of aliphatic carboxylic acids is 1. The van der Waals surface area contributed by atoms with Crippen LogP contribution in [0.1, 0.15) is 19.3 Å². The third-order valence-corrected chi connectivity index (χ3v) is 1.71. The van der Waals surface area contributed by atoms with E-state index in [1.165, 1.54) is 6.08 Å². The second kappa shape index (κ2) is 4.60. The first-order chi connectivity index (χ1) is 6.59. The van der Waals surface area contributed by atoms with Crippen LogP contribution in [-0.4, -0.2) is 23.1 Å². The van der Waals surface area contributed by atoms with Gasteiger partial charge >= 0.3 is 11.9 Å². The van der Waals surface area contributed by atoms with Crippen LogP contribution in [0.2, 0.25) is 0 Å². The maximum absolute atomic E-state index is 11.2. The maximum atomic E-state index is 11.2. The zero-order chi connectivity index (χ0) is 10.6. The van der Waals surface area contributed by atoms with Crippen LogP contribution in [0.3, 0.4) is 0 Å². The van der Waals surface area contributed by atoms with Gasteiger partial charge in [0, 0.05) is 11.6 Å². The summed E-state index contributed by atoms with van der Waals surface area (Å²) in [5, 5.41) is 8.29. The Kier molecular flexibility index (Phi) is 3.45. The summed E-state index contributed by atoms with van der Waals surface area (Å²) in [6, 6.07) is 0. The molecule has 4 nitrogen and oxygen atoms in total. The molecule has 0 radical (unpaired) electrons. The molecule has 0 heterocycles. The summed E-state index contributed by atoms with van der Waals surface area (Å²) >= 11 is 0. The fourth-order valence-corrected chi connectivity index (χ4v) is 0.806. The zero-order valence-electron chi connectivity index (χ0n) is 7.73. The van der Waals surface area contributed by atoms with Gasteiger partial charge in [0.2, 0.25) is 0 Å². The molecule has 0 atom stereocenters. The van der Waals surface area contributed by atoms with Crippen LogP contribution < -0.4 is 0 Å². The summed E-state index contributed by atoms with van der Waals surface area (Å²) in [6.07, 6.45) is 4.47. The van der Waals surface area contributed by atoms with E-state index in [-0.39, 0.29) is 18.1 Å². The van der Waals surface area contributed by atoms with Crippen molar-refractivity contribution in [1.82, 2.24) is 0 Å². The highest BCUT2D eigenvalue weighted by Crippen LogP contribution is 2.24. The lowest BCUT2D eigenvalue weighted by atomic mass is 10.2. The van der Waals surface area contributed by atoms with E-state index >= 15 is 0 Å². The van der Waals surface area contributed by atoms with Crippen LogP contribution in [-0.2, 0) is 14.3 Å². The van der Waals surface area contributed by atoms with Crippen molar-refractivity contribution in [2.75, 3.05) is 0 Å². The highest BCUT2D eigenvalue weighted by Gasteiger charge is 2.26. The van der Waals surface area contributed by atoms with Crippen molar-refractivity contribution >= 4 is 11.9 Å². The van der Waals surface area contributed by atoms with Gasteiger partial charge in [-0.1, -0.05) is 12.7 Å². The number of rotatable bonds is 5. The quantitative estimate of drug-likeness (QED) is 0.531. The minimum Gasteiger partial charge on any atom is -0.478 e. The largest absolute Gasteiger partial charge is 0.478 e. The fourth-order valence-electron chi connectivity index (χ4n) is 0.806. The molecule has 1 N–H and O–H groups in total. The van der Waals surface area contributed by atoms with Crippen molar-refractivity contribution in [1.29, 1.82) is 0 Å². The van der Waals surface area contributed by atoms with Crippen LogP contribution in [0.25, 0.3) is 0 Å². The van der Waals surface area contributed by atoms with E-state index in [0.717, 1.165) is 18.9 Å². The Balaban J connectivity index is 2.25. The van der Waals surface area contributed by atoms with Gasteiger partial charge in [-0.25, -0.2) is 9.59 Å². The van der Waals surface area contributed by atoms with E-state index in [1.54, 1.807) is 0 Å². The Morgan fingerprint density at radius 1 is 1.50 bits per heavy atom. The highest BCUT2D eigenvalue weighted by atomic mass is 16.5. The van der Waals surface area contributed by atoms with E-state index < -0.39 is 11.9 Å². The Bertz CT molecular complexity index is 286. The van der Waals surface area contributed by atoms with Gasteiger partial charge in [-0.2, -0.15) is 0 Å². The molecule has 0 spiro atoms. The van der Waals surface area contributed by atoms with Gasteiger partial charge < -0.3 is 9.84 Å². The maximum Gasteiger partial charge on any atom is 0.333 e. The molecule has 1 rings (SSSR count). The molecule has 1 saturated carbocycles. The summed E-state index contributed by atoms with van der Waals surface area (Å²) in [5.41, 5.74) is 0.286. The van der Waals surface area contributed by atoms with Crippen LogP contribution in [0.15, 0.2) is 24.3 Å². The van der Waals surface area contributed by atoms with E-state index in [2.05, 4.69) is 6.58 Å². The molecule has 14 heavy (non-hydrogen) atoms. The molecule has 4 heteroatoms. The lowest BCUT2D eigenvalue weighted by Crippen LogP contribution is -2.08. The summed E-state index contributed by atoms with van der Waals surface area (Å²) < 4.78 is 4.96. The molecule has 0 unspecified atom stereocenters. The topological polar surface area (TPSA) is 63.6 Å². The second-order valence-electron chi connectivity index (χ2n) is 3.15. The third-order valence-electron chi connectivity index (χ3n) is 1.71. The van der Waals surface area contributed by atoms with Gasteiger partial charge in [-0.05, 0) is 19.3 Å². The first-order valence-electron chi connectivity index (χ1n) is 4.38. The van der Waals surface area contributed by atoms with Crippen LogP contribution >= 0.6 is 0 Å². The molecule has 0 aliphatic heterocycles. The third kappa shape index (κ3) is 3.89. The molecular weight excluding hydrogens is 184 g/mol. The summed E-state index contributed by atoms with van der Waals surface area (Å²) in [5.74, 6) is -1.46. The van der Waals surface area contributed by atoms with Crippen molar-refractivity contribution in [2.45, 2.75) is 25.4 Å². The van der Waals surface area contributed by atoms with Gasteiger partial charge in [-0.15, -0.1) is 0 Å². The number of hydrogen-bond donors (Lipinski definition) is 1. The van der Waals surface area contributed by atoms with Crippen molar-refractivity contribution in [2.24, 2.45) is 0 Å². The van der Waals surface area contributed by atoms with E-state index in [1.807, 2.05) is 0 Å². The van der Waals surface area contributed by atoms with Gasteiger partial charge in [-0.3, -0.25) is 0 Å². The molecule has 0 amide bonds. The standard InChI is InChI=1S/C10H12O4/c1-7(3-2-4-9(11)12)10(13)14-8-5-6-8/h2,4,8H,1,3,5-6H2,(H,11,12).